The molecule has 3 aromatic rings. The average Bonchev–Trinajstić information content (AvgIpc) is 2.99. The molecule has 9 nitrogen and oxygen atoms in total. The standard InChI is InChI=1S/C35H44N2O7Si/c1-35(2,3)45(4,5)44-33(28(20-21-31(39)40)43-30-22-29(38)36-30)27-19-13-12-18-26(27)23-42-34(41)37-32(24-14-8-6-9-15-24)25-16-10-7-11-17-25/h6-19,28,30,32-33H,20-23H2,1-5H3,(H,36,38)(H,37,41)(H,39,40). The lowest BCUT2D eigenvalue weighted by Gasteiger charge is -2.43. The summed E-state index contributed by atoms with van der Waals surface area (Å²) in [5.74, 6) is -1.07. The van der Waals surface area contributed by atoms with Gasteiger partial charge in [-0.3, -0.25) is 9.59 Å². The van der Waals surface area contributed by atoms with Crippen LogP contribution >= 0.6 is 0 Å². The maximum atomic E-state index is 13.3. The highest BCUT2D eigenvalue weighted by molar-refractivity contribution is 6.74. The molecule has 3 atom stereocenters. The molecule has 45 heavy (non-hydrogen) atoms. The Bertz CT molecular complexity index is 1400. The number of nitrogens with one attached hydrogen (secondary N) is 2. The van der Waals surface area contributed by atoms with Crippen molar-refractivity contribution in [2.24, 2.45) is 0 Å². The summed E-state index contributed by atoms with van der Waals surface area (Å²) < 4.78 is 19.1. The van der Waals surface area contributed by atoms with Gasteiger partial charge >= 0.3 is 12.1 Å². The second-order valence-corrected chi connectivity index (χ2v) is 17.6. The second-order valence-electron chi connectivity index (χ2n) is 12.8. The lowest BCUT2D eigenvalue weighted by molar-refractivity contribution is -0.156. The van der Waals surface area contributed by atoms with E-state index in [1.165, 1.54) is 0 Å². The monoisotopic (exact) mass is 632 g/mol. The lowest BCUT2D eigenvalue weighted by atomic mass is 9.96. The van der Waals surface area contributed by atoms with Crippen molar-refractivity contribution in [3.63, 3.8) is 0 Å². The predicted molar refractivity (Wildman–Crippen MR) is 174 cm³/mol. The molecule has 3 aromatic carbocycles. The van der Waals surface area contributed by atoms with Crippen LogP contribution in [0.4, 0.5) is 4.79 Å². The van der Waals surface area contributed by atoms with Gasteiger partial charge in [0.05, 0.1) is 24.7 Å². The van der Waals surface area contributed by atoms with Gasteiger partial charge in [0.25, 0.3) is 0 Å². The number of rotatable bonds is 14. The number of carbonyl (C=O) groups excluding carboxylic acids is 2. The molecule has 0 bridgehead atoms. The number of hydrogen-bond acceptors (Lipinski definition) is 6. The molecule has 10 heteroatoms. The molecule has 1 saturated heterocycles. The minimum absolute atomic E-state index is 0.0402. The topological polar surface area (TPSA) is 123 Å². The molecule has 3 N–H and O–H groups in total. The minimum atomic E-state index is -2.43. The highest BCUT2D eigenvalue weighted by atomic mass is 28.4. The third kappa shape index (κ3) is 9.26. The van der Waals surface area contributed by atoms with Gasteiger partial charge in [-0.1, -0.05) is 106 Å². The van der Waals surface area contributed by atoms with Crippen molar-refractivity contribution in [1.82, 2.24) is 10.6 Å². The molecular formula is C35H44N2O7Si. The molecule has 0 aliphatic carbocycles. The minimum Gasteiger partial charge on any atom is -0.481 e. The smallest absolute Gasteiger partial charge is 0.408 e. The quantitative estimate of drug-likeness (QED) is 0.131. The van der Waals surface area contributed by atoms with Gasteiger partial charge in [-0.05, 0) is 46.8 Å². The van der Waals surface area contributed by atoms with E-state index in [0.717, 1.165) is 16.7 Å². The normalized spacial score (nSPS) is 16.3. The van der Waals surface area contributed by atoms with Gasteiger partial charge in [-0.2, -0.15) is 0 Å². The van der Waals surface area contributed by atoms with Crippen molar-refractivity contribution < 1.29 is 33.4 Å². The number of alkyl carbamates (subject to hydrolysis) is 1. The zero-order valence-corrected chi connectivity index (χ0v) is 27.6. The molecular weight excluding hydrogens is 588 g/mol. The summed E-state index contributed by atoms with van der Waals surface area (Å²) in [6.45, 7) is 10.6. The van der Waals surface area contributed by atoms with Crippen molar-refractivity contribution in [1.29, 1.82) is 0 Å². The molecule has 1 fully saturated rings. The molecule has 240 valence electrons. The highest BCUT2D eigenvalue weighted by Gasteiger charge is 2.43. The van der Waals surface area contributed by atoms with Crippen LogP contribution in [0.2, 0.25) is 18.1 Å². The van der Waals surface area contributed by atoms with Crippen molar-refractivity contribution in [2.75, 3.05) is 0 Å². The van der Waals surface area contributed by atoms with E-state index in [0.29, 0.717) is 5.56 Å². The van der Waals surface area contributed by atoms with E-state index in [1.54, 1.807) is 0 Å². The molecule has 0 aromatic heterocycles. The summed E-state index contributed by atoms with van der Waals surface area (Å²) in [6.07, 6.45) is -2.20. The summed E-state index contributed by atoms with van der Waals surface area (Å²) in [7, 11) is -2.43. The highest BCUT2D eigenvalue weighted by Crippen LogP contribution is 2.42. The molecule has 1 aliphatic rings. The Balaban J connectivity index is 1.60. The number of amides is 2. The zero-order valence-electron chi connectivity index (χ0n) is 26.6. The van der Waals surface area contributed by atoms with Crippen LogP contribution in [-0.4, -0.2) is 43.7 Å². The van der Waals surface area contributed by atoms with E-state index in [1.807, 2.05) is 84.9 Å². The third-order valence-corrected chi connectivity index (χ3v) is 12.9. The molecule has 2 amide bonds. The van der Waals surface area contributed by atoms with Crippen molar-refractivity contribution in [2.45, 2.75) is 89.3 Å². The maximum absolute atomic E-state index is 13.3. The van der Waals surface area contributed by atoms with E-state index in [9.17, 15) is 19.5 Å². The summed E-state index contributed by atoms with van der Waals surface area (Å²) in [5, 5.41) is 15.1. The number of carbonyl (C=O) groups is 3. The Morgan fingerprint density at radius 1 is 0.956 bits per heavy atom. The first-order chi connectivity index (χ1) is 21.3. The number of ether oxygens (including phenoxy) is 2. The van der Waals surface area contributed by atoms with Crippen LogP contribution in [0.1, 0.15) is 74.4 Å². The summed E-state index contributed by atoms with van der Waals surface area (Å²) >= 11 is 0. The maximum Gasteiger partial charge on any atom is 0.408 e. The van der Waals surface area contributed by atoms with Gasteiger partial charge in [-0.25, -0.2) is 4.79 Å². The second kappa shape index (κ2) is 14.9. The molecule has 0 saturated carbocycles. The van der Waals surface area contributed by atoms with Crippen LogP contribution in [0, 0.1) is 0 Å². The Labute approximate surface area is 266 Å². The first-order valence-electron chi connectivity index (χ1n) is 15.3. The van der Waals surface area contributed by atoms with E-state index in [4.69, 9.17) is 13.9 Å². The van der Waals surface area contributed by atoms with Gasteiger partial charge in [0.15, 0.2) is 8.32 Å². The van der Waals surface area contributed by atoms with E-state index in [2.05, 4.69) is 44.5 Å². The van der Waals surface area contributed by atoms with Crippen LogP contribution in [0.5, 0.6) is 0 Å². The molecule has 1 heterocycles. The molecule has 4 rings (SSSR count). The van der Waals surface area contributed by atoms with Gasteiger partial charge < -0.3 is 29.6 Å². The first-order valence-corrected chi connectivity index (χ1v) is 18.2. The fraction of sp³-hybridized carbons (Fsp3) is 0.400. The lowest BCUT2D eigenvalue weighted by Crippen LogP contribution is -2.53. The number of carboxylic acids is 1. The van der Waals surface area contributed by atoms with Crippen LogP contribution in [0.25, 0.3) is 0 Å². The third-order valence-electron chi connectivity index (χ3n) is 8.49. The number of β-lactam (4-membered cyclic amide) rings is 1. The SMILES string of the molecule is CC(C)(C)[Si](C)(C)OC(c1ccccc1COC(=O)NC(c1ccccc1)c1ccccc1)C(CCC(=O)O)OC1CC(=O)N1. The first kappa shape index (κ1) is 33.9. The molecule has 1 aliphatic heterocycles. The van der Waals surface area contributed by atoms with Gasteiger partial charge in [-0.15, -0.1) is 0 Å². The summed E-state index contributed by atoms with van der Waals surface area (Å²) in [5.41, 5.74) is 3.31. The van der Waals surface area contributed by atoms with Crippen molar-refractivity contribution in [3.8, 4) is 0 Å². The Morgan fingerprint density at radius 3 is 2.04 bits per heavy atom. The van der Waals surface area contributed by atoms with E-state index >= 15 is 0 Å². The average molecular weight is 633 g/mol. The van der Waals surface area contributed by atoms with Crippen molar-refractivity contribution in [3.05, 3.63) is 107 Å². The fourth-order valence-electron chi connectivity index (χ4n) is 4.91. The van der Waals surface area contributed by atoms with Crippen molar-refractivity contribution >= 4 is 26.3 Å². The number of hydrogen-bond donors (Lipinski definition) is 3. The Morgan fingerprint density at radius 2 is 1.51 bits per heavy atom. The zero-order chi connectivity index (χ0) is 32.6. The largest absolute Gasteiger partial charge is 0.481 e. The Kier molecular flexibility index (Phi) is 11.2. The number of benzene rings is 3. The number of aliphatic carboxylic acids is 1. The summed E-state index contributed by atoms with van der Waals surface area (Å²) in [4.78, 5) is 36.6. The van der Waals surface area contributed by atoms with Crippen LogP contribution < -0.4 is 10.6 Å². The van der Waals surface area contributed by atoms with Gasteiger partial charge in [0, 0.05) is 6.42 Å². The Hall–Kier alpha value is -3.99. The molecule has 0 spiro atoms. The summed E-state index contributed by atoms with van der Waals surface area (Å²) in [6, 6.07) is 26.5. The van der Waals surface area contributed by atoms with Gasteiger partial charge in [0.2, 0.25) is 5.91 Å². The fourth-order valence-corrected chi connectivity index (χ4v) is 6.17. The van der Waals surface area contributed by atoms with E-state index in [-0.39, 0.29) is 36.8 Å². The van der Waals surface area contributed by atoms with Crippen LogP contribution in [-0.2, 0) is 30.1 Å². The van der Waals surface area contributed by atoms with Crippen LogP contribution in [0.15, 0.2) is 84.9 Å². The molecule has 3 unspecified atom stereocenters. The molecule has 0 radical (unpaired) electrons. The van der Waals surface area contributed by atoms with E-state index < -0.39 is 44.9 Å². The number of carboxylic acid groups (broad SMARTS) is 1. The van der Waals surface area contributed by atoms with Gasteiger partial charge in [0.1, 0.15) is 12.8 Å². The van der Waals surface area contributed by atoms with Crippen LogP contribution in [0.3, 0.4) is 0 Å². The predicted octanol–water partition coefficient (Wildman–Crippen LogP) is 6.86.